The van der Waals surface area contributed by atoms with Gasteiger partial charge in [-0.05, 0) is 51.0 Å². The molecule has 2 heterocycles. The van der Waals surface area contributed by atoms with Crippen LogP contribution in [0.15, 0.2) is 23.6 Å². The fourth-order valence-corrected chi connectivity index (χ4v) is 5.00. The SMILES string of the molecule is Cc1ccc(-c2csc(NC(=O)CN3C(=O)NC4(CCC(C)CC4)C3=O)n2)c(C)c1. The topological polar surface area (TPSA) is 91.4 Å². The van der Waals surface area contributed by atoms with E-state index >= 15 is 0 Å². The zero-order valence-electron chi connectivity index (χ0n) is 17.4. The van der Waals surface area contributed by atoms with E-state index in [0.29, 0.717) is 23.9 Å². The highest BCUT2D eigenvalue weighted by molar-refractivity contribution is 7.14. The maximum atomic E-state index is 12.9. The van der Waals surface area contributed by atoms with E-state index in [1.165, 1.54) is 16.9 Å². The van der Waals surface area contributed by atoms with Gasteiger partial charge in [0.1, 0.15) is 12.1 Å². The Morgan fingerprint density at radius 2 is 2.03 bits per heavy atom. The van der Waals surface area contributed by atoms with Crippen molar-refractivity contribution in [1.29, 1.82) is 0 Å². The third kappa shape index (κ3) is 3.84. The average molecular weight is 427 g/mol. The summed E-state index contributed by atoms with van der Waals surface area (Å²) in [5.74, 6) is -0.167. The van der Waals surface area contributed by atoms with Gasteiger partial charge < -0.3 is 10.6 Å². The molecule has 4 amide bonds. The maximum Gasteiger partial charge on any atom is 0.325 e. The fourth-order valence-electron chi connectivity index (χ4n) is 4.27. The van der Waals surface area contributed by atoms with Crippen LogP contribution in [0.2, 0.25) is 0 Å². The van der Waals surface area contributed by atoms with E-state index in [-0.39, 0.29) is 12.5 Å². The summed E-state index contributed by atoms with van der Waals surface area (Å²) in [5, 5.41) is 7.90. The summed E-state index contributed by atoms with van der Waals surface area (Å²) in [6.07, 6.45) is 3.05. The molecule has 1 spiro atoms. The third-order valence-electron chi connectivity index (χ3n) is 6.08. The minimum absolute atomic E-state index is 0.287. The summed E-state index contributed by atoms with van der Waals surface area (Å²) in [7, 11) is 0. The van der Waals surface area contributed by atoms with E-state index in [1.807, 2.05) is 31.4 Å². The molecule has 0 atom stereocenters. The molecule has 2 fully saturated rings. The van der Waals surface area contributed by atoms with Gasteiger partial charge in [0.25, 0.3) is 5.91 Å². The monoisotopic (exact) mass is 426 g/mol. The van der Waals surface area contributed by atoms with Crippen molar-refractivity contribution in [1.82, 2.24) is 15.2 Å². The molecule has 8 heteroatoms. The number of hydrogen-bond acceptors (Lipinski definition) is 5. The van der Waals surface area contributed by atoms with Crippen LogP contribution in [0, 0.1) is 19.8 Å². The fraction of sp³-hybridized carbons (Fsp3) is 0.455. The summed E-state index contributed by atoms with van der Waals surface area (Å²) in [5.41, 5.74) is 3.27. The quantitative estimate of drug-likeness (QED) is 0.726. The number of thiazole rings is 1. The zero-order chi connectivity index (χ0) is 21.5. The lowest BCUT2D eigenvalue weighted by Crippen LogP contribution is -2.49. The Hall–Kier alpha value is -2.74. The highest BCUT2D eigenvalue weighted by Gasteiger charge is 2.52. The van der Waals surface area contributed by atoms with Gasteiger partial charge in [0.15, 0.2) is 5.13 Å². The number of anilines is 1. The van der Waals surface area contributed by atoms with Crippen molar-refractivity contribution in [3.05, 3.63) is 34.7 Å². The van der Waals surface area contributed by atoms with E-state index < -0.39 is 17.5 Å². The number of aromatic nitrogens is 1. The lowest BCUT2D eigenvalue weighted by molar-refractivity contribution is -0.135. The highest BCUT2D eigenvalue weighted by Crippen LogP contribution is 2.36. The Morgan fingerprint density at radius 3 is 2.73 bits per heavy atom. The number of carbonyl (C=O) groups excluding carboxylic acids is 3. The predicted molar refractivity (Wildman–Crippen MR) is 116 cm³/mol. The van der Waals surface area contributed by atoms with Gasteiger partial charge in [-0.25, -0.2) is 9.78 Å². The summed E-state index contributed by atoms with van der Waals surface area (Å²) in [4.78, 5) is 43.3. The van der Waals surface area contributed by atoms with Crippen LogP contribution in [0.4, 0.5) is 9.93 Å². The number of benzene rings is 1. The molecule has 2 N–H and O–H groups in total. The normalized spacial score (nSPS) is 23.7. The molecule has 2 aromatic rings. The molecule has 30 heavy (non-hydrogen) atoms. The first-order valence-corrected chi connectivity index (χ1v) is 11.1. The molecule has 0 unspecified atom stereocenters. The van der Waals surface area contributed by atoms with Gasteiger partial charge in [-0.2, -0.15) is 0 Å². The third-order valence-corrected chi connectivity index (χ3v) is 6.84. The Bertz CT molecular complexity index is 1010. The van der Waals surface area contributed by atoms with Gasteiger partial charge in [-0.15, -0.1) is 11.3 Å². The van der Waals surface area contributed by atoms with Crippen LogP contribution in [-0.2, 0) is 9.59 Å². The molecule has 0 radical (unpaired) electrons. The molecule has 1 saturated carbocycles. The van der Waals surface area contributed by atoms with E-state index in [9.17, 15) is 14.4 Å². The molecular weight excluding hydrogens is 400 g/mol. The Kier molecular flexibility index (Phi) is 5.36. The van der Waals surface area contributed by atoms with E-state index in [4.69, 9.17) is 0 Å². The first-order valence-electron chi connectivity index (χ1n) is 10.2. The number of carbonyl (C=O) groups is 3. The van der Waals surface area contributed by atoms with Crippen molar-refractivity contribution in [3.8, 4) is 11.3 Å². The van der Waals surface area contributed by atoms with Crippen LogP contribution in [0.1, 0.15) is 43.7 Å². The number of rotatable bonds is 4. The van der Waals surface area contributed by atoms with Gasteiger partial charge in [0.05, 0.1) is 5.69 Å². The van der Waals surface area contributed by atoms with Crippen molar-refractivity contribution in [2.45, 2.75) is 52.0 Å². The Morgan fingerprint density at radius 1 is 1.30 bits per heavy atom. The first-order chi connectivity index (χ1) is 14.3. The van der Waals surface area contributed by atoms with Gasteiger partial charge >= 0.3 is 6.03 Å². The number of nitrogens with zero attached hydrogens (tertiary/aromatic N) is 2. The molecule has 1 saturated heterocycles. The summed E-state index contributed by atoms with van der Waals surface area (Å²) < 4.78 is 0. The molecule has 4 rings (SSSR count). The molecule has 7 nitrogen and oxygen atoms in total. The zero-order valence-corrected chi connectivity index (χ0v) is 18.3. The second kappa shape index (κ2) is 7.83. The van der Waals surface area contributed by atoms with Gasteiger partial charge in [0.2, 0.25) is 5.91 Å². The van der Waals surface area contributed by atoms with Crippen molar-refractivity contribution >= 4 is 34.3 Å². The second-order valence-electron chi connectivity index (χ2n) is 8.49. The number of amides is 4. The minimum atomic E-state index is -0.832. The molecular formula is C22H26N4O3S. The Labute approximate surface area is 179 Å². The number of hydrogen-bond donors (Lipinski definition) is 2. The van der Waals surface area contributed by atoms with E-state index in [2.05, 4.69) is 28.6 Å². The van der Waals surface area contributed by atoms with Gasteiger partial charge in [-0.3, -0.25) is 14.5 Å². The first kappa shape index (κ1) is 20.5. The standard InChI is InChI=1S/C22H26N4O3S/c1-13-6-8-22(9-7-13)19(28)26(21(29)25-22)11-18(27)24-20-23-17(12-30-20)16-5-4-14(2)10-15(16)3/h4-5,10,12-13H,6-9,11H2,1-3H3,(H,25,29)(H,23,24,27). The molecule has 1 aromatic heterocycles. The number of urea groups is 1. The summed E-state index contributed by atoms with van der Waals surface area (Å²) in [6, 6.07) is 5.65. The van der Waals surface area contributed by atoms with Crippen LogP contribution in [0.25, 0.3) is 11.3 Å². The average Bonchev–Trinajstić information content (AvgIpc) is 3.23. The van der Waals surface area contributed by atoms with Crippen LogP contribution in [0.5, 0.6) is 0 Å². The molecule has 1 aliphatic carbocycles. The van der Waals surface area contributed by atoms with Gasteiger partial charge in [0, 0.05) is 10.9 Å². The summed E-state index contributed by atoms with van der Waals surface area (Å²) in [6.45, 7) is 5.91. The number of imide groups is 1. The molecule has 158 valence electrons. The van der Waals surface area contributed by atoms with Crippen LogP contribution >= 0.6 is 11.3 Å². The number of aryl methyl sites for hydroxylation is 2. The predicted octanol–water partition coefficient (Wildman–Crippen LogP) is 3.87. The second-order valence-corrected chi connectivity index (χ2v) is 9.35. The minimum Gasteiger partial charge on any atom is -0.323 e. The smallest absolute Gasteiger partial charge is 0.323 e. The van der Waals surface area contributed by atoms with Gasteiger partial charge in [-0.1, -0.05) is 30.7 Å². The van der Waals surface area contributed by atoms with Crippen molar-refractivity contribution in [2.24, 2.45) is 5.92 Å². The van der Waals surface area contributed by atoms with Crippen LogP contribution in [0.3, 0.4) is 0 Å². The number of nitrogens with one attached hydrogen (secondary N) is 2. The van der Waals surface area contributed by atoms with Crippen LogP contribution < -0.4 is 10.6 Å². The molecule has 0 bridgehead atoms. The van der Waals surface area contributed by atoms with E-state index in [1.54, 1.807) is 0 Å². The summed E-state index contributed by atoms with van der Waals surface area (Å²) >= 11 is 1.32. The molecule has 2 aliphatic rings. The maximum absolute atomic E-state index is 12.9. The van der Waals surface area contributed by atoms with Crippen molar-refractivity contribution < 1.29 is 14.4 Å². The van der Waals surface area contributed by atoms with Crippen LogP contribution in [-0.4, -0.2) is 39.8 Å². The van der Waals surface area contributed by atoms with Crippen molar-refractivity contribution in [2.75, 3.05) is 11.9 Å². The molecule has 1 aliphatic heterocycles. The lowest BCUT2D eigenvalue weighted by Gasteiger charge is -2.33. The largest absolute Gasteiger partial charge is 0.325 e. The Balaban J connectivity index is 1.41. The van der Waals surface area contributed by atoms with E-state index in [0.717, 1.165) is 34.6 Å². The highest BCUT2D eigenvalue weighted by atomic mass is 32.1. The van der Waals surface area contributed by atoms with Crippen molar-refractivity contribution in [3.63, 3.8) is 0 Å². The lowest BCUT2D eigenvalue weighted by atomic mass is 9.77. The molecule has 1 aromatic carbocycles.